The lowest BCUT2D eigenvalue weighted by Crippen LogP contribution is -1.89. The Kier molecular flexibility index (Phi) is 4.34. The maximum Gasteiger partial charge on any atom is 0.0953 e. The maximum absolute atomic E-state index is 4.18. The Labute approximate surface area is 74.9 Å². The molecule has 0 aliphatic carbocycles. The molecule has 2 nitrogen and oxygen atoms in total. The van der Waals surface area contributed by atoms with E-state index in [0.717, 1.165) is 11.3 Å². The van der Waals surface area contributed by atoms with Gasteiger partial charge in [0.25, 0.3) is 0 Å². The molecule has 12 heavy (non-hydrogen) atoms. The van der Waals surface area contributed by atoms with E-state index in [1.165, 1.54) is 5.69 Å². The molecule has 1 aromatic rings. The van der Waals surface area contributed by atoms with E-state index in [1.807, 2.05) is 39.3 Å². The predicted molar refractivity (Wildman–Crippen MR) is 54.0 cm³/mol. The van der Waals surface area contributed by atoms with Crippen LogP contribution in [0.15, 0.2) is 12.9 Å². The fraction of sp³-hybridized carbons (Fsp3) is 0.500. The molecule has 0 unspecified atom stereocenters. The number of hydrogen-bond donors (Lipinski definition) is 0. The van der Waals surface area contributed by atoms with Gasteiger partial charge in [-0.05, 0) is 19.4 Å². The maximum atomic E-state index is 4.18. The lowest BCUT2D eigenvalue weighted by Gasteiger charge is -1.96. The van der Waals surface area contributed by atoms with E-state index in [0.29, 0.717) is 0 Å². The fourth-order valence-corrected chi connectivity index (χ4v) is 0.910. The average Bonchev–Trinajstić information content (AvgIpc) is 2.37. The summed E-state index contributed by atoms with van der Waals surface area (Å²) >= 11 is 0. The molecular formula is C10H18N2. The molecule has 0 aliphatic heterocycles. The second kappa shape index (κ2) is 4.75. The average molecular weight is 166 g/mol. The smallest absolute Gasteiger partial charge is 0.0953 e. The molecular weight excluding hydrogens is 148 g/mol. The van der Waals surface area contributed by atoms with Gasteiger partial charge in [-0.2, -0.15) is 0 Å². The van der Waals surface area contributed by atoms with Gasteiger partial charge >= 0.3 is 0 Å². The van der Waals surface area contributed by atoms with Gasteiger partial charge in [-0.25, -0.2) is 4.98 Å². The first-order valence-corrected chi connectivity index (χ1v) is 4.26. The third-order valence-electron chi connectivity index (χ3n) is 1.64. The Balaban J connectivity index is 0.000000561. The quantitative estimate of drug-likeness (QED) is 0.627. The Hall–Kier alpha value is -1.05. The number of allylic oxidation sites excluding steroid dienone is 1. The van der Waals surface area contributed by atoms with Crippen molar-refractivity contribution in [1.29, 1.82) is 0 Å². The van der Waals surface area contributed by atoms with Gasteiger partial charge in [0, 0.05) is 12.7 Å². The minimum Gasteiger partial charge on any atom is -0.337 e. The van der Waals surface area contributed by atoms with Crippen LogP contribution >= 0.6 is 0 Å². The van der Waals surface area contributed by atoms with Crippen molar-refractivity contribution < 1.29 is 0 Å². The largest absolute Gasteiger partial charge is 0.337 e. The summed E-state index contributed by atoms with van der Waals surface area (Å²) in [6, 6.07) is 0. The Morgan fingerprint density at radius 2 is 2.00 bits per heavy atom. The third-order valence-corrected chi connectivity index (χ3v) is 1.64. The zero-order valence-electron chi connectivity index (χ0n) is 8.68. The summed E-state index contributed by atoms with van der Waals surface area (Å²) in [6.45, 7) is 11.8. The van der Waals surface area contributed by atoms with Crippen LogP contribution in [-0.4, -0.2) is 9.55 Å². The van der Waals surface area contributed by atoms with Gasteiger partial charge in [-0.15, -0.1) is 0 Å². The van der Waals surface area contributed by atoms with Crippen LogP contribution in [0.25, 0.3) is 5.57 Å². The number of hydrogen-bond acceptors (Lipinski definition) is 1. The molecule has 2 heteroatoms. The van der Waals surface area contributed by atoms with Gasteiger partial charge in [-0.3, -0.25) is 0 Å². The van der Waals surface area contributed by atoms with Gasteiger partial charge in [0.15, 0.2) is 0 Å². The molecule has 0 fully saturated rings. The van der Waals surface area contributed by atoms with Crippen LogP contribution in [0, 0.1) is 6.92 Å². The standard InChI is InChI=1S/C8H12N2.C2H6/c1-6(2)8-7(3)10(4)5-9-8;1-2/h5H,1H2,2-4H3;1-2H3. The molecule has 0 aromatic carbocycles. The number of aryl methyl sites for hydroxylation is 1. The number of imidazole rings is 1. The van der Waals surface area contributed by atoms with E-state index in [9.17, 15) is 0 Å². The molecule has 0 aliphatic rings. The lowest BCUT2D eigenvalue weighted by atomic mass is 10.2. The molecule has 0 saturated carbocycles. The van der Waals surface area contributed by atoms with Crippen molar-refractivity contribution in [3.8, 4) is 0 Å². The van der Waals surface area contributed by atoms with Crippen LogP contribution in [0.5, 0.6) is 0 Å². The SMILES string of the molecule is C=C(C)c1ncn(C)c1C.CC. The van der Waals surface area contributed by atoms with Crippen LogP contribution in [0.2, 0.25) is 0 Å². The van der Waals surface area contributed by atoms with Crippen molar-refractivity contribution in [2.75, 3.05) is 0 Å². The van der Waals surface area contributed by atoms with Crippen molar-refractivity contribution in [2.24, 2.45) is 7.05 Å². The second-order valence-electron chi connectivity index (χ2n) is 2.57. The van der Waals surface area contributed by atoms with Crippen molar-refractivity contribution in [3.63, 3.8) is 0 Å². The van der Waals surface area contributed by atoms with Crippen molar-refractivity contribution in [3.05, 3.63) is 24.3 Å². The topological polar surface area (TPSA) is 17.8 Å². The van der Waals surface area contributed by atoms with E-state index < -0.39 is 0 Å². The monoisotopic (exact) mass is 166 g/mol. The number of aromatic nitrogens is 2. The Morgan fingerprint density at radius 3 is 2.17 bits per heavy atom. The first-order chi connectivity index (χ1) is 5.63. The molecule has 0 saturated heterocycles. The lowest BCUT2D eigenvalue weighted by molar-refractivity contribution is 0.873. The third kappa shape index (κ3) is 2.22. The summed E-state index contributed by atoms with van der Waals surface area (Å²) in [7, 11) is 1.98. The molecule has 1 rings (SSSR count). The van der Waals surface area contributed by atoms with Gasteiger partial charge < -0.3 is 4.57 Å². The molecule has 1 aromatic heterocycles. The zero-order chi connectivity index (χ0) is 9.72. The minimum absolute atomic E-state index is 1.02. The number of nitrogens with zero attached hydrogens (tertiary/aromatic N) is 2. The van der Waals surface area contributed by atoms with Crippen LogP contribution in [-0.2, 0) is 7.05 Å². The Morgan fingerprint density at radius 1 is 1.50 bits per heavy atom. The predicted octanol–water partition coefficient (Wildman–Crippen LogP) is 2.79. The van der Waals surface area contributed by atoms with Crippen LogP contribution in [0.1, 0.15) is 32.2 Å². The van der Waals surface area contributed by atoms with Crippen molar-refractivity contribution in [1.82, 2.24) is 9.55 Å². The first kappa shape index (κ1) is 11.0. The molecule has 0 bridgehead atoms. The summed E-state index contributed by atoms with van der Waals surface area (Å²) in [6.07, 6.45) is 1.80. The summed E-state index contributed by atoms with van der Waals surface area (Å²) in [5.41, 5.74) is 3.22. The molecule has 0 amide bonds. The second-order valence-corrected chi connectivity index (χ2v) is 2.57. The van der Waals surface area contributed by atoms with Gasteiger partial charge in [0.05, 0.1) is 12.0 Å². The molecule has 0 radical (unpaired) electrons. The molecule has 0 N–H and O–H groups in total. The first-order valence-electron chi connectivity index (χ1n) is 4.26. The van der Waals surface area contributed by atoms with Crippen molar-refractivity contribution >= 4 is 5.57 Å². The van der Waals surface area contributed by atoms with E-state index in [4.69, 9.17) is 0 Å². The van der Waals surface area contributed by atoms with E-state index in [-0.39, 0.29) is 0 Å². The van der Waals surface area contributed by atoms with Gasteiger partial charge in [0.2, 0.25) is 0 Å². The van der Waals surface area contributed by atoms with E-state index in [2.05, 4.69) is 11.6 Å². The molecule has 0 atom stereocenters. The van der Waals surface area contributed by atoms with Crippen LogP contribution in [0.4, 0.5) is 0 Å². The molecule has 1 heterocycles. The summed E-state index contributed by atoms with van der Waals surface area (Å²) < 4.78 is 1.99. The fourth-order valence-electron chi connectivity index (χ4n) is 0.910. The number of rotatable bonds is 1. The highest BCUT2D eigenvalue weighted by atomic mass is 15.0. The molecule has 0 spiro atoms. The Bertz CT molecular complexity index is 259. The summed E-state index contributed by atoms with van der Waals surface area (Å²) in [5.74, 6) is 0. The van der Waals surface area contributed by atoms with E-state index in [1.54, 1.807) is 6.33 Å². The van der Waals surface area contributed by atoms with Gasteiger partial charge in [-0.1, -0.05) is 20.4 Å². The highest BCUT2D eigenvalue weighted by Crippen LogP contribution is 2.12. The highest BCUT2D eigenvalue weighted by molar-refractivity contribution is 5.59. The molecule has 68 valence electrons. The zero-order valence-corrected chi connectivity index (χ0v) is 8.68. The van der Waals surface area contributed by atoms with Crippen molar-refractivity contribution in [2.45, 2.75) is 27.7 Å². The normalized spacial score (nSPS) is 8.75. The summed E-state index contributed by atoms with van der Waals surface area (Å²) in [4.78, 5) is 4.18. The highest BCUT2D eigenvalue weighted by Gasteiger charge is 2.02. The van der Waals surface area contributed by atoms with Crippen LogP contribution < -0.4 is 0 Å². The summed E-state index contributed by atoms with van der Waals surface area (Å²) in [5, 5.41) is 0. The minimum atomic E-state index is 1.02. The van der Waals surface area contributed by atoms with Gasteiger partial charge in [0.1, 0.15) is 0 Å². The van der Waals surface area contributed by atoms with Crippen LogP contribution in [0.3, 0.4) is 0 Å². The van der Waals surface area contributed by atoms with E-state index >= 15 is 0 Å².